The minimum atomic E-state index is -0.911. The highest BCUT2D eigenvalue weighted by atomic mass is 16.4. The molecular weight excluding hydrogens is 230 g/mol. The topological polar surface area (TPSA) is 53.7 Å². The van der Waals surface area contributed by atoms with Crippen molar-refractivity contribution in [3.63, 3.8) is 0 Å². The van der Waals surface area contributed by atoms with E-state index in [1.54, 1.807) is 24.3 Å². The molecule has 0 aliphatic rings. The van der Waals surface area contributed by atoms with Crippen LogP contribution >= 0.6 is 0 Å². The predicted octanol–water partition coefficient (Wildman–Crippen LogP) is 2.92. The van der Waals surface area contributed by atoms with Crippen LogP contribution in [0.4, 0.5) is 5.69 Å². The lowest BCUT2D eigenvalue weighted by atomic mass is 10.2. The molecule has 0 bridgehead atoms. The fourth-order valence-electron chi connectivity index (χ4n) is 1.75. The van der Waals surface area contributed by atoms with Gasteiger partial charge in [-0.2, -0.15) is 0 Å². The second-order valence-corrected chi connectivity index (χ2v) is 4.22. The van der Waals surface area contributed by atoms with Crippen LogP contribution in [-0.2, 0) is 6.54 Å². The van der Waals surface area contributed by atoms with Crippen LogP contribution in [0.15, 0.2) is 40.8 Å². The third-order valence-corrected chi connectivity index (χ3v) is 2.74. The first-order valence-electron chi connectivity index (χ1n) is 5.66. The number of furan rings is 1. The molecule has 2 aromatic rings. The molecule has 4 heteroatoms. The van der Waals surface area contributed by atoms with E-state index in [1.807, 2.05) is 31.0 Å². The molecule has 0 atom stereocenters. The monoisotopic (exact) mass is 245 g/mol. The first-order valence-corrected chi connectivity index (χ1v) is 5.66. The van der Waals surface area contributed by atoms with Gasteiger partial charge in [-0.15, -0.1) is 0 Å². The third kappa shape index (κ3) is 2.71. The van der Waals surface area contributed by atoms with Crippen LogP contribution < -0.4 is 4.90 Å². The Balaban J connectivity index is 2.09. The van der Waals surface area contributed by atoms with Gasteiger partial charge in [0.05, 0.1) is 12.1 Å². The molecule has 0 radical (unpaired) electrons. The Morgan fingerprint density at radius 2 is 1.89 bits per heavy atom. The van der Waals surface area contributed by atoms with Crippen LogP contribution in [0, 0.1) is 6.92 Å². The van der Waals surface area contributed by atoms with E-state index in [0.29, 0.717) is 12.1 Å². The Labute approximate surface area is 105 Å². The Hall–Kier alpha value is -2.23. The normalized spacial score (nSPS) is 10.3. The van der Waals surface area contributed by atoms with E-state index in [1.165, 1.54) is 0 Å². The van der Waals surface area contributed by atoms with Gasteiger partial charge in [-0.25, -0.2) is 4.79 Å². The maximum atomic E-state index is 10.7. The van der Waals surface area contributed by atoms with Crippen LogP contribution in [0.3, 0.4) is 0 Å². The standard InChI is InChI=1S/C14H15NO3/c1-10-3-8-13(18-10)9-15(2)12-6-4-11(5-7-12)14(16)17/h3-8H,9H2,1-2H3,(H,16,17). The number of hydrogen-bond donors (Lipinski definition) is 1. The first kappa shape index (κ1) is 12.2. The van der Waals surface area contributed by atoms with Crippen molar-refractivity contribution >= 4 is 11.7 Å². The van der Waals surface area contributed by atoms with E-state index in [9.17, 15) is 4.79 Å². The molecule has 2 rings (SSSR count). The second-order valence-electron chi connectivity index (χ2n) is 4.22. The minimum absolute atomic E-state index is 0.293. The summed E-state index contributed by atoms with van der Waals surface area (Å²) in [7, 11) is 1.94. The van der Waals surface area contributed by atoms with Crippen LogP contribution in [0.1, 0.15) is 21.9 Å². The Bertz CT molecular complexity index is 542. The SMILES string of the molecule is Cc1ccc(CN(C)c2ccc(C(=O)O)cc2)o1. The van der Waals surface area contributed by atoms with Gasteiger partial charge in [0.15, 0.2) is 0 Å². The average Bonchev–Trinajstić information content (AvgIpc) is 2.75. The summed E-state index contributed by atoms with van der Waals surface area (Å²) < 4.78 is 5.50. The molecule has 18 heavy (non-hydrogen) atoms. The van der Waals surface area contributed by atoms with E-state index >= 15 is 0 Å². The summed E-state index contributed by atoms with van der Waals surface area (Å²) >= 11 is 0. The van der Waals surface area contributed by atoms with Crippen LogP contribution in [-0.4, -0.2) is 18.1 Å². The van der Waals surface area contributed by atoms with Crippen molar-refractivity contribution in [1.82, 2.24) is 0 Å². The second kappa shape index (κ2) is 4.96. The molecule has 1 aromatic heterocycles. The molecule has 0 saturated heterocycles. The van der Waals surface area contributed by atoms with Gasteiger partial charge in [0.25, 0.3) is 0 Å². The molecule has 1 N–H and O–H groups in total. The van der Waals surface area contributed by atoms with Gasteiger partial charge in [0, 0.05) is 12.7 Å². The number of nitrogens with zero attached hydrogens (tertiary/aromatic N) is 1. The molecular formula is C14H15NO3. The van der Waals surface area contributed by atoms with Crippen molar-refractivity contribution in [1.29, 1.82) is 0 Å². The number of aryl methyl sites for hydroxylation is 1. The highest BCUT2D eigenvalue weighted by molar-refractivity contribution is 5.88. The maximum Gasteiger partial charge on any atom is 0.335 e. The van der Waals surface area contributed by atoms with Crippen LogP contribution in [0.25, 0.3) is 0 Å². The summed E-state index contributed by atoms with van der Waals surface area (Å²) in [5.41, 5.74) is 1.25. The molecule has 4 nitrogen and oxygen atoms in total. The third-order valence-electron chi connectivity index (χ3n) is 2.74. The molecule has 1 aromatic carbocycles. The average molecular weight is 245 g/mol. The zero-order valence-corrected chi connectivity index (χ0v) is 10.4. The zero-order valence-electron chi connectivity index (χ0n) is 10.4. The van der Waals surface area contributed by atoms with Gasteiger partial charge in [0.1, 0.15) is 11.5 Å². The smallest absolute Gasteiger partial charge is 0.335 e. The number of carbonyl (C=O) groups is 1. The number of aromatic carboxylic acids is 1. The molecule has 0 saturated carbocycles. The summed E-state index contributed by atoms with van der Waals surface area (Å²) in [5, 5.41) is 8.82. The zero-order chi connectivity index (χ0) is 13.1. The number of benzene rings is 1. The van der Waals surface area contributed by atoms with E-state index < -0.39 is 5.97 Å². The summed E-state index contributed by atoms with van der Waals surface area (Å²) in [5.74, 6) is 0.864. The van der Waals surface area contributed by atoms with Crippen LogP contribution in [0.2, 0.25) is 0 Å². The van der Waals surface area contributed by atoms with Crippen molar-refractivity contribution in [3.8, 4) is 0 Å². The van der Waals surface area contributed by atoms with E-state index in [2.05, 4.69) is 0 Å². The first-order chi connectivity index (χ1) is 8.56. The largest absolute Gasteiger partial charge is 0.478 e. The van der Waals surface area contributed by atoms with Gasteiger partial charge < -0.3 is 14.4 Å². The van der Waals surface area contributed by atoms with Crippen molar-refractivity contribution < 1.29 is 14.3 Å². The van der Waals surface area contributed by atoms with Gasteiger partial charge >= 0.3 is 5.97 Å². The number of carboxylic acids is 1. The van der Waals surface area contributed by atoms with Gasteiger partial charge in [-0.1, -0.05) is 0 Å². The molecule has 0 aliphatic carbocycles. The molecule has 94 valence electrons. The summed E-state index contributed by atoms with van der Waals surface area (Å²) in [6.45, 7) is 2.56. The number of hydrogen-bond acceptors (Lipinski definition) is 3. The maximum absolute atomic E-state index is 10.7. The van der Waals surface area contributed by atoms with Crippen LogP contribution in [0.5, 0.6) is 0 Å². The Morgan fingerprint density at radius 3 is 2.39 bits per heavy atom. The van der Waals surface area contributed by atoms with E-state index in [0.717, 1.165) is 17.2 Å². The summed E-state index contributed by atoms with van der Waals surface area (Å²) in [6.07, 6.45) is 0. The fourth-order valence-corrected chi connectivity index (χ4v) is 1.75. The molecule has 0 aliphatic heterocycles. The van der Waals surface area contributed by atoms with Gasteiger partial charge in [-0.05, 0) is 43.3 Å². The van der Waals surface area contributed by atoms with E-state index in [-0.39, 0.29) is 0 Å². The molecule has 0 fully saturated rings. The molecule has 0 spiro atoms. The predicted molar refractivity (Wildman–Crippen MR) is 69.0 cm³/mol. The lowest BCUT2D eigenvalue weighted by Crippen LogP contribution is -2.15. The lowest BCUT2D eigenvalue weighted by molar-refractivity contribution is 0.0697. The number of rotatable bonds is 4. The Kier molecular flexibility index (Phi) is 3.37. The molecule has 1 heterocycles. The van der Waals surface area contributed by atoms with Crippen molar-refractivity contribution in [2.75, 3.05) is 11.9 Å². The quantitative estimate of drug-likeness (QED) is 0.899. The summed E-state index contributed by atoms with van der Waals surface area (Å²) in [6, 6.07) is 10.6. The highest BCUT2D eigenvalue weighted by Gasteiger charge is 2.07. The van der Waals surface area contributed by atoms with Gasteiger partial charge in [0.2, 0.25) is 0 Å². The molecule has 0 amide bonds. The van der Waals surface area contributed by atoms with Crippen molar-refractivity contribution in [2.45, 2.75) is 13.5 Å². The van der Waals surface area contributed by atoms with E-state index in [4.69, 9.17) is 9.52 Å². The summed E-state index contributed by atoms with van der Waals surface area (Å²) in [4.78, 5) is 12.8. The highest BCUT2D eigenvalue weighted by Crippen LogP contribution is 2.17. The van der Waals surface area contributed by atoms with Crippen molar-refractivity contribution in [2.24, 2.45) is 0 Å². The number of carboxylic acid groups (broad SMARTS) is 1. The fraction of sp³-hybridized carbons (Fsp3) is 0.214. The molecule has 0 unspecified atom stereocenters. The number of anilines is 1. The van der Waals surface area contributed by atoms with Crippen molar-refractivity contribution in [3.05, 3.63) is 53.5 Å². The Morgan fingerprint density at radius 1 is 1.22 bits per heavy atom. The van der Waals surface area contributed by atoms with Gasteiger partial charge in [-0.3, -0.25) is 0 Å². The minimum Gasteiger partial charge on any atom is -0.478 e. The lowest BCUT2D eigenvalue weighted by Gasteiger charge is -2.17.